The lowest BCUT2D eigenvalue weighted by molar-refractivity contribution is 0.339. The second kappa shape index (κ2) is 4.39. The van der Waals surface area contributed by atoms with Crippen molar-refractivity contribution in [2.24, 2.45) is 0 Å². The quantitative estimate of drug-likeness (QED) is 0.827. The zero-order chi connectivity index (χ0) is 11.7. The van der Waals surface area contributed by atoms with Crippen LogP contribution in [0.2, 0.25) is 0 Å². The second-order valence-electron chi connectivity index (χ2n) is 4.43. The van der Waals surface area contributed by atoms with E-state index >= 15 is 0 Å². The van der Waals surface area contributed by atoms with Crippen LogP contribution in [0.25, 0.3) is 11.0 Å². The van der Waals surface area contributed by atoms with Crippen molar-refractivity contribution in [1.29, 1.82) is 0 Å². The highest BCUT2D eigenvalue weighted by Crippen LogP contribution is 2.18. The molecule has 1 aromatic heterocycles. The van der Waals surface area contributed by atoms with Gasteiger partial charge in [0.2, 0.25) is 0 Å². The molecule has 16 heavy (non-hydrogen) atoms. The first kappa shape index (κ1) is 11.4. The zero-order valence-electron chi connectivity index (χ0n) is 9.90. The molecule has 0 radical (unpaired) electrons. The van der Waals surface area contributed by atoms with Crippen molar-refractivity contribution in [2.75, 3.05) is 20.6 Å². The van der Waals surface area contributed by atoms with E-state index < -0.39 is 0 Å². The molecule has 86 valence electrons. The molecule has 0 saturated carbocycles. The Morgan fingerprint density at radius 3 is 2.75 bits per heavy atom. The molecule has 1 heterocycles. The van der Waals surface area contributed by atoms with Gasteiger partial charge in [-0.15, -0.1) is 0 Å². The lowest BCUT2D eigenvalue weighted by Gasteiger charge is -2.19. The summed E-state index contributed by atoms with van der Waals surface area (Å²) in [5.74, 6) is 0. The maximum atomic E-state index is 5.37. The van der Waals surface area contributed by atoms with E-state index in [2.05, 4.69) is 47.6 Å². The number of benzene rings is 1. The molecule has 0 aliphatic carbocycles. The van der Waals surface area contributed by atoms with Gasteiger partial charge in [-0.1, -0.05) is 12.1 Å². The number of aromatic nitrogens is 2. The van der Waals surface area contributed by atoms with Crippen molar-refractivity contribution in [1.82, 2.24) is 14.5 Å². The average Bonchev–Trinajstić information content (AvgIpc) is 2.52. The van der Waals surface area contributed by atoms with E-state index in [1.165, 1.54) is 5.52 Å². The highest BCUT2D eigenvalue weighted by molar-refractivity contribution is 7.71. The number of para-hydroxylation sites is 2. The summed E-state index contributed by atoms with van der Waals surface area (Å²) >= 11 is 5.37. The monoisotopic (exact) mass is 235 g/mol. The Labute approximate surface area is 101 Å². The number of hydrogen-bond donors (Lipinski definition) is 1. The maximum absolute atomic E-state index is 5.37. The minimum Gasteiger partial charge on any atom is -0.331 e. The van der Waals surface area contributed by atoms with Gasteiger partial charge in [-0.2, -0.15) is 0 Å². The SMILES string of the molecule is CC(CN(C)C)n1c(=S)[nH]c2ccccc21. The third kappa shape index (κ3) is 2.03. The Hall–Kier alpha value is -1.13. The summed E-state index contributed by atoms with van der Waals surface area (Å²) in [5, 5.41) is 0. The number of fused-ring (bicyclic) bond motifs is 1. The van der Waals surface area contributed by atoms with Crippen LogP contribution in [0.15, 0.2) is 24.3 Å². The number of rotatable bonds is 3. The van der Waals surface area contributed by atoms with Crippen molar-refractivity contribution in [3.8, 4) is 0 Å². The fourth-order valence-corrected chi connectivity index (χ4v) is 2.51. The molecule has 2 aromatic rings. The summed E-state index contributed by atoms with van der Waals surface area (Å²) in [7, 11) is 4.16. The van der Waals surface area contributed by atoms with E-state index in [0.29, 0.717) is 6.04 Å². The van der Waals surface area contributed by atoms with Crippen LogP contribution in [0, 0.1) is 4.77 Å². The Balaban J connectivity index is 2.51. The lowest BCUT2D eigenvalue weighted by Crippen LogP contribution is -2.22. The molecule has 0 amide bonds. The van der Waals surface area contributed by atoms with Gasteiger partial charge in [-0.3, -0.25) is 0 Å². The van der Waals surface area contributed by atoms with Crippen molar-refractivity contribution in [3.63, 3.8) is 0 Å². The Morgan fingerprint density at radius 2 is 2.06 bits per heavy atom. The molecule has 1 unspecified atom stereocenters. The normalized spacial score (nSPS) is 13.5. The second-order valence-corrected chi connectivity index (χ2v) is 4.82. The van der Waals surface area contributed by atoms with Crippen LogP contribution in [0.3, 0.4) is 0 Å². The molecule has 1 aromatic carbocycles. The first-order chi connectivity index (χ1) is 7.59. The third-order valence-electron chi connectivity index (χ3n) is 2.69. The summed E-state index contributed by atoms with van der Waals surface area (Å²) in [6, 6.07) is 8.61. The number of likely N-dealkylation sites (N-methyl/N-ethyl adjacent to an activating group) is 1. The zero-order valence-corrected chi connectivity index (χ0v) is 10.7. The predicted octanol–water partition coefficient (Wildman–Crippen LogP) is 2.82. The average molecular weight is 235 g/mol. The van der Waals surface area contributed by atoms with Crippen LogP contribution in [0.5, 0.6) is 0 Å². The standard InChI is InChI=1S/C12H17N3S/c1-9(8-14(2)3)15-11-7-5-4-6-10(11)13-12(15)16/h4-7,9H,8H2,1-3H3,(H,13,16). The fourth-order valence-electron chi connectivity index (χ4n) is 2.12. The number of hydrogen-bond acceptors (Lipinski definition) is 2. The minimum atomic E-state index is 0.374. The number of nitrogens with zero attached hydrogens (tertiary/aromatic N) is 2. The van der Waals surface area contributed by atoms with Crippen LogP contribution in [0.1, 0.15) is 13.0 Å². The molecule has 0 aliphatic rings. The van der Waals surface area contributed by atoms with Crippen LogP contribution in [-0.2, 0) is 0 Å². The third-order valence-corrected chi connectivity index (χ3v) is 2.99. The van der Waals surface area contributed by atoms with Gasteiger partial charge in [-0.05, 0) is 45.4 Å². The minimum absolute atomic E-state index is 0.374. The molecule has 0 bridgehead atoms. The molecule has 1 atom stereocenters. The van der Waals surface area contributed by atoms with E-state index in [0.717, 1.165) is 16.8 Å². The molecule has 0 saturated heterocycles. The van der Waals surface area contributed by atoms with Crippen molar-refractivity contribution < 1.29 is 0 Å². The Morgan fingerprint density at radius 1 is 1.38 bits per heavy atom. The van der Waals surface area contributed by atoms with Gasteiger partial charge in [-0.25, -0.2) is 0 Å². The molecule has 1 N–H and O–H groups in total. The summed E-state index contributed by atoms with van der Waals surface area (Å²) in [5.41, 5.74) is 2.29. The number of nitrogens with one attached hydrogen (secondary N) is 1. The van der Waals surface area contributed by atoms with Crippen molar-refractivity contribution >= 4 is 23.3 Å². The van der Waals surface area contributed by atoms with Gasteiger partial charge in [0.05, 0.1) is 11.0 Å². The number of aromatic amines is 1. The van der Waals surface area contributed by atoms with E-state index in [-0.39, 0.29) is 0 Å². The van der Waals surface area contributed by atoms with Gasteiger partial charge >= 0.3 is 0 Å². The highest BCUT2D eigenvalue weighted by atomic mass is 32.1. The summed E-state index contributed by atoms with van der Waals surface area (Å²) in [6.45, 7) is 3.17. The fraction of sp³-hybridized carbons (Fsp3) is 0.417. The van der Waals surface area contributed by atoms with E-state index in [1.54, 1.807) is 0 Å². The van der Waals surface area contributed by atoms with Crippen molar-refractivity contribution in [3.05, 3.63) is 29.0 Å². The molecule has 0 spiro atoms. The van der Waals surface area contributed by atoms with Crippen molar-refractivity contribution in [2.45, 2.75) is 13.0 Å². The number of H-pyrrole nitrogens is 1. The molecular weight excluding hydrogens is 218 g/mol. The smallest absolute Gasteiger partial charge is 0.178 e. The van der Waals surface area contributed by atoms with Crippen LogP contribution < -0.4 is 0 Å². The summed E-state index contributed by atoms with van der Waals surface area (Å²) < 4.78 is 2.99. The van der Waals surface area contributed by atoms with E-state index in [9.17, 15) is 0 Å². The van der Waals surface area contributed by atoms with Crippen LogP contribution in [-0.4, -0.2) is 35.1 Å². The molecule has 4 heteroatoms. The first-order valence-electron chi connectivity index (χ1n) is 5.43. The Bertz CT molecular complexity index is 538. The molecule has 0 aliphatic heterocycles. The maximum Gasteiger partial charge on any atom is 0.178 e. The number of imidazole rings is 1. The van der Waals surface area contributed by atoms with Gasteiger partial charge in [0, 0.05) is 12.6 Å². The van der Waals surface area contributed by atoms with Gasteiger partial charge in [0.1, 0.15) is 0 Å². The van der Waals surface area contributed by atoms with Gasteiger partial charge in [0.25, 0.3) is 0 Å². The van der Waals surface area contributed by atoms with Gasteiger partial charge in [0.15, 0.2) is 4.77 Å². The molecular formula is C12H17N3S. The largest absolute Gasteiger partial charge is 0.331 e. The first-order valence-corrected chi connectivity index (χ1v) is 5.84. The van der Waals surface area contributed by atoms with E-state index in [4.69, 9.17) is 12.2 Å². The molecule has 0 fully saturated rings. The van der Waals surface area contributed by atoms with Gasteiger partial charge < -0.3 is 14.5 Å². The van der Waals surface area contributed by atoms with E-state index in [1.807, 2.05) is 12.1 Å². The summed E-state index contributed by atoms with van der Waals surface area (Å²) in [4.78, 5) is 5.42. The lowest BCUT2D eigenvalue weighted by atomic mass is 10.2. The topological polar surface area (TPSA) is 24.0 Å². The summed E-state index contributed by atoms with van der Waals surface area (Å²) in [6.07, 6.45) is 0. The predicted molar refractivity (Wildman–Crippen MR) is 70.4 cm³/mol. The molecule has 3 nitrogen and oxygen atoms in total. The van der Waals surface area contributed by atoms with Crippen LogP contribution >= 0.6 is 12.2 Å². The Kier molecular flexibility index (Phi) is 3.12. The highest BCUT2D eigenvalue weighted by Gasteiger charge is 2.11. The molecule has 2 rings (SSSR count). The van der Waals surface area contributed by atoms with Crippen LogP contribution in [0.4, 0.5) is 0 Å².